The maximum Gasteiger partial charge on any atom is 0.0456 e. The highest BCUT2D eigenvalue weighted by molar-refractivity contribution is 5.53. The molecule has 0 aliphatic carbocycles. The molecule has 0 N–H and O–H groups in total. The van der Waals surface area contributed by atoms with Crippen LogP contribution in [-0.2, 0) is 11.8 Å². The zero-order chi connectivity index (χ0) is 18.4. The molecule has 3 rings (SSSR count). The van der Waals surface area contributed by atoms with Gasteiger partial charge in [-0.25, -0.2) is 0 Å². The van der Waals surface area contributed by atoms with Crippen molar-refractivity contribution in [2.24, 2.45) is 5.92 Å². The van der Waals surface area contributed by atoms with Crippen molar-refractivity contribution in [1.29, 1.82) is 0 Å². The molecule has 0 aliphatic heterocycles. The normalized spacial score (nSPS) is 11.7. The number of hydrogen-bond acceptors (Lipinski definition) is 0. The maximum absolute atomic E-state index is 2.35. The van der Waals surface area contributed by atoms with Gasteiger partial charge in [-0.15, -0.1) is 0 Å². The third-order valence-electron chi connectivity index (χ3n) is 5.24. The van der Waals surface area contributed by atoms with E-state index in [1.807, 2.05) is 0 Å². The van der Waals surface area contributed by atoms with E-state index in [-0.39, 0.29) is 5.41 Å². The quantitative estimate of drug-likeness (QED) is 0.405. The fourth-order valence-corrected chi connectivity index (χ4v) is 4.31. The fraction of sp³-hybridized carbons (Fsp3) is 0.308. The first-order valence-corrected chi connectivity index (χ1v) is 9.88. The number of aryl methyl sites for hydroxylation is 1. The molecule has 0 unspecified atom stereocenters. The van der Waals surface area contributed by atoms with Crippen LogP contribution < -0.4 is 0 Å². The second kappa shape index (κ2) is 8.36. The van der Waals surface area contributed by atoms with Crippen molar-refractivity contribution in [2.45, 2.75) is 45.4 Å². The summed E-state index contributed by atoms with van der Waals surface area (Å²) in [6.45, 7) is 6.94. The number of benzene rings is 3. The summed E-state index contributed by atoms with van der Waals surface area (Å²) in [7, 11) is 0. The zero-order valence-electron chi connectivity index (χ0n) is 16.3. The first kappa shape index (κ1) is 18.5. The van der Waals surface area contributed by atoms with Crippen molar-refractivity contribution in [3.8, 4) is 0 Å². The van der Waals surface area contributed by atoms with Gasteiger partial charge in [-0.1, -0.05) is 112 Å². The Bertz CT molecular complexity index is 760. The van der Waals surface area contributed by atoms with Crippen LogP contribution in [0.4, 0.5) is 0 Å². The predicted octanol–water partition coefficient (Wildman–Crippen LogP) is 7.02. The highest BCUT2D eigenvalue weighted by Gasteiger charge is 2.38. The Labute approximate surface area is 158 Å². The van der Waals surface area contributed by atoms with Gasteiger partial charge < -0.3 is 0 Å². The Kier molecular flexibility index (Phi) is 5.93. The lowest BCUT2D eigenvalue weighted by molar-refractivity contribution is 0.451. The van der Waals surface area contributed by atoms with E-state index >= 15 is 0 Å². The topological polar surface area (TPSA) is 0 Å². The molecular formula is C26H30. The summed E-state index contributed by atoms with van der Waals surface area (Å²) in [6, 6.07) is 31.2. The Hall–Kier alpha value is -2.34. The van der Waals surface area contributed by atoms with Gasteiger partial charge in [0, 0.05) is 5.41 Å². The van der Waals surface area contributed by atoms with Crippen LogP contribution in [0.15, 0.2) is 84.9 Å². The van der Waals surface area contributed by atoms with Crippen LogP contribution in [0.1, 0.15) is 55.9 Å². The van der Waals surface area contributed by atoms with Crippen molar-refractivity contribution in [3.63, 3.8) is 0 Å². The second-order valence-electron chi connectivity index (χ2n) is 7.64. The van der Waals surface area contributed by atoms with Crippen molar-refractivity contribution >= 4 is 0 Å². The van der Waals surface area contributed by atoms with E-state index in [0.29, 0.717) is 5.92 Å². The lowest BCUT2D eigenvalue weighted by Crippen LogP contribution is -2.32. The van der Waals surface area contributed by atoms with E-state index in [4.69, 9.17) is 0 Å². The Morgan fingerprint density at radius 1 is 0.692 bits per heavy atom. The fourth-order valence-electron chi connectivity index (χ4n) is 4.31. The van der Waals surface area contributed by atoms with E-state index < -0.39 is 0 Å². The Balaban J connectivity index is 2.35. The van der Waals surface area contributed by atoms with Gasteiger partial charge >= 0.3 is 0 Å². The van der Waals surface area contributed by atoms with Crippen LogP contribution >= 0.6 is 0 Å². The summed E-state index contributed by atoms with van der Waals surface area (Å²) >= 11 is 0. The molecule has 0 aromatic heterocycles. The van der Waals surface area contributed by atoms with Gasteiger partial charge in [-0.05, 0) is 41.0 Å². The first-order chi connectivity index (χ1) is 12.7. The Morgan fingerprint density at radius 3 is 1.69 bits per heavy atom. The minimum Gasteiger partial charge on any atom is -0.0651 e. The summed E-state index contributed by atoms with van der Waals surface area (Å²) in [5.74, 6) is 0.588. The van der Waals surface area contributed by atoms with E-state index in [0.717, 1.165) is 12.8 Å². The van der Waals surface area contributed by atoms with Gasteiger partial charge in [0.1, 0.15) is 0 Å². The average molecular weight is 343 g/mol. The third-order valence-corrected chi connectivity index (χ3v) is 5.24. The monoisotopic (exact) mass is 342 g/mol. The smallest absolute Gasteiger partial charge is 0.0456 e. The van der Waals surface area contributed by atoms with E-state index in [1.54, 1.807) is 0 Å². The SMILES string of the molecule is CCCc1ccccc1C(CC(C)C)(c1ccccc1)c1ccccc1. The molecule has 26 heavy (non-hydrogen) atoms. The van der Waals surface area contributed by atoms with Gasteiger partial charge in [0.15, 0.2) is 0 Å². The maximum atomic E-state index is 2.35. The summed E-state index contributed by atoms with van der Waals surface area (Å²) in [5.41, 5.74) is 5.62. The molecule has 0 nitrogen and oxygen atoms in total. The molecule has 3 aromatic rings. The summed E-state index contributed by atoms with van der Waals surface area (Å²) in [5, 5.41) is 0. The van der Waals surface area contributed by atoms with E-state index in [2.05, 4.69) is 106 Å². The Morgan fingerprint density at radius 2 is 1.19 bits per heavy atom. The van der Waals surface area contributed by atoms with Crippen LogP contribution in [0.2, 0.25) is 0 Å². The van der Waals surface area contributed by atoms with Crippen LogP contribution in [-0.4, -0.2) is 0 Å². The molecule has 0 atom stereocenters. The third kappa shape index (κ3) is 3.60. The van der Waals surface area contributed by atoms with Crippen molar-refractivity contribution in [3.05, 3.63) is 107 Å². The summed E-state index contributed by atoms with van der Waals surface area (Å²) < 4.78 is 0. The molecule has 0 aliphatic rings. The summed E-state index contributed by atoms with van der Waals surface area (Å²) in [6.07, 6.45) is 3.38. The van der Waals surface area contributed by atoms with Crippen LogP contribution in [0.5, 0.6) is 0 Å². The van der Waals surface area contributed by atoms with Crippen LogP contribution in [0.25, 0.3) is 0 Å². The molecule has 0 bridgehead atoms. The van der Waals surface area contributed by atoms with Crippen LogP contribution in [0.3, 0.4) is 0 Å². The van der Waals surface area contributed by atoms with Crippen molar-refractivity contribution in [2.75, 3.05) is 0 Å². The first-order valence-electron chi connectivity index (χ1n) is 9.88. The van der Waals surface area contributed by atoms with Crippen molar-refractivity contribution < 1.29 is 0 Å². The van der Waals surface area contributed by atoms with Gasteiger partial charge in [0.05, 0.1) is 0 Å². The van der Waals surface area contributed by atoms with Gasteiger partial charge in [-0.3, -0.25) is 0 Å². The molecule has 0 amide bonds. The molecular weight excluding hydrogens is 312 g/mol. The molecule has 3 aromatic carbocycles. The molecule has 0 radical (unpaired) electrons. The molecule has 0 heterocycles. The van der Waals surface area contributed by atoms with E-state index in [1.165, 1.54) is 28.7 Å². The highest BCUT2D eigenvalue weighted by atomic mass is 14.4. The lowest BCUT2D eigenvalue weighted by atomic mass is 9.64. The second-order valence-corrected chi connectivity index (χ2v) is 7.64. The van der Waals surface area contributed by atoms with Crippen molar-refractivity contribution in [1.82, 2.24) is 0 Å². The van der Waals surface area contributed by atoms with Gasteiger partial charge in [-0.2, -0.15) is 0 Å². The molecule has 134 valence electrons. The molecule has 0 saturated heterocycles. The standard InChI is InChI=1S/C26H30/c1-4-13-22-14-11-12-19-25(22)26(20-21(2)3,23-15-7-5-8-16-23)24-17-9-6-10-18-24/h5-12,14-19,21H,4,13,20H2,1-3H3. The number of hydrogen-bond donors (Lipinski definition) is 0. The minimum atomic E-state index is -0.109. The minimum absolute atomic E-state index is 0.109. The summed E-state index contributed by atoms with van der Waals surface area (Å²) in [4.78, 5) is 0. The molecule has 0 fully saturated rings. The lowest BCUT2D eigenvalue weighted by Gasteiger charge is -2.39. The van der Waals surface area contributed by atoms with E-state index in [9.17, 15) is 0 Å². The molecule has 0 saturated carbocycles. The number of rotatable bonds is 7. The van der Waals surface area contributed by atoms with Gasteiger partial charge in [0.2, 0.25) is 0 Å². The average Bonchev–Trinajstić information content (AvgIpc) is 2.68. The highest BCUT2D eigenvalue weighted by Crippen LogP contribution is 2.45. The predicted molar refractivity (Wildman–Crippen MR) is 113 cm³/mol. The van der Waals surface area contributed by atoms with Crippen LogP contribution in [0, 0.1) is 5.92 Å². The molecule has 0 heteroatoms. The van der Waals surface area contributed by atoms with Gasteiger partial charge in [0.25, 0.3) is 0 Å². The molecule has 0 spiro atoms. The largest absolute Gasteiger partial charge is 0.0651 e. The zero-order valence-corrected chi connectivity index (χ0v) is 16.3.